The van der Waals surface area contributed by atoms with E-state index in [1.807, 2.05) is 0 Å². The topological polar surface area (TPSA) is 87.2 Å². The molecule has 0 aliphatic rings. The van der Waals surface area contributed by atoms with Gasteiger partial charge < -0.3 is 5.11 Å². The normalized spacial score (nSPS) is 16.1. The van der Waals surface area contributed by atoms with Gasteiger partial charge in [-0.25, -0.2) is 0 Å². The van der Waals surface area contributed by atoms with Gasteiger partial charge in [0.2, 0.25) is 0 Å². The molecule has 5 nitrogen and oxygen atoms in total. The second kappa shape index (κ2) is 1.98. The molecule has 0 saturated carbocycles. The summed E-state index contributed by atoms with van der Waals surface area (Å²) < 4.78 is 0. The van der Waals surface area contributed by atoms with Gasteiger partial charge in [-0.1, -0.05) is 0 Å². The van der Waals surface area contributed by atoms with Crippen molar-refractivity contribution in [3.8, 4) is 6.07 Å². The summed E-state index contributed by atoms with van der Waals surface area (Å²) in [4.78, 5) is 8.31. The van der Waals surface area contributed by atoms with Crippen LogP contribution in [0.5, 0.6) is 0 Å². The first-order chi connectivity index (χ1) is 3.50. The van der Waals surface area contributed by atoms with Crippen molar-refractivity contribution < 1.29 is 10.0 Å². The van der Waals surface area contributed by atoms with Gasteiger partial charge in [0.05, 0.1) is 4.92 Å². The predicted octanol–water partition coefficient (Wildman–Crippen LogP) is -0.637. The van der Waals surface area contributed by atoms with Crippen molar-refractivity contribution >= 4 is 12.6 Å². The fourth-order valence-corrected chi connectivity index (χ4v) is 0.0408. The lowest BCUT2D eigenvalue weighted by Crippen LogP contribution is -2.28. The van der Waals surface area contributed by atoms with Crippen LogP contribution in [0.15, 0.2) is 0 Å². The van der Waals surface area contributed by atoms with Gasteiger partial charge in [0, 0.05) is 0 Å². The molecule has 0 saturated heterocycles. The fraction of sp³-hybridized carbons (Fsp3) is 0.500. The number of nitro groups is 1. The summed E-state index contributed by atoms with van der Waals surface area (Å²) in [6, 6.07) is 0.961. The van der Waals surface area contributed by atoms with Crippen molar-refractivity contribution in [3.05, 3.63) is 10.1 Å². The third kappa shape index (κ3) is 1.36. The molecule has 0 fully saturated rings. The lowest BCUT2D eigenvalue weighted by Gasteiger charge is -1.99. The monoisotopic (exact) mass is 134 g/mol. The van der Waals surface area contributed by atoms with E-state index in [1.54, 1.807) is 0 Å². The molecule has 0 radical (unpaired) electrons. The van der Waals surface area contributed by atoms with Crippen molar-refractivity contribution in [2.24, 2.45) is 0 Å². The summed E-state index contributed by atoms with van der Waals surface area (Å²) in [5, 5.41) is 22.7. The number of hydrogen-bond acceptors (Lipinski definition) is 5. The summed E-state index contributed by atoms with van der Waals surface area (Å²) in [5.74, 6) is 0. The number of thiol groups is 1. The average Bonchev–Trinajstić information content (AvgIpc) is 1.67. The Labute approximate surface area is 50.1 Å². The van der Waals surface area contributed by atoms with Gasteiger partial charge in [-0.3, -0.25) is 10.1 Å². The minimum absolute atomic E-state index is 0.961. The number of rotatable bonds is 1. The van der Waals surface area contributed by atoms with Crippen molar-refractivity contribution in [1.29, 1.82) is 5.26 Å². The molecule has 0 amide bonds. The van der Waals surface area contributed by atoms with E-state index in [0.717, 1.165) is 6.07 Å². The SMILES string of the molecule is N#CC(O)(S)[N+](=O)[O-]. The molecule has 0 bridgehead atoms. The summed E-state index contributed by atoms with van der Waals surface area (Å²) in [6.07, 6.45) is 0. The van der Waals surface area contributed by atoms with E-state index in [1.165, 1.54) is 0 Å². The molecule has 0 heterocycles. The lowest BCUT2D eigenvalue weighted by atomic mass is 10.7. The highest BCUT2D eigenvalue weighted by molar-refractivity contribution is 7.81. The number of nitrogens with zero attached hydrogens (tertiary/aromatic N) is 2. The maximum Gasteiger partial charge on any atom is 0.457 e. The van der Waals surface area contributed by atoms with Crippen LogP contribution in [0.25, 0.3) is 0 Å². The molecule has 0 aliphatic carbocycles. The Hall–Kier alpha value is -0.800. The van der Waals surface area contributed by atoms with Crippen LogP contribution in [-0.4, -0.2) is 15.1 Å². The minimum Gasteiger partial charge on any atom is -0.310 e. The van der Waals surface area contributed by atoms with Crippen LogP contribution < -0.4 is 0 Å². The summed E-state index contributed by atoms with van der Waals surface area (Å²) in [7, 11) is 0. The van der Waals surface area contributed by atoms with Gasteiger partial charge in [0.1, 0.15) is 0 Å². The molecule has 8 heavy (non-hydrogen) atoms. The fourth-order valence-electron chi connectivity index (χ4n) is 0.0408. The van der Waals surface area contributed by atoms with Crippen LogP contribution in [-0.2, 0) is 0 Å². The van der Waals surface area contributed by atoms with E-state index < -0.39 is 9.98 Å². The molecule has 0 aromatic heterocycles. The van der Waals surface area contributed by atoms with Crippen LogP contribution in [0.4, 0.5) is 0 Å². The highest BCUT2D eigenvalue weighted by Crippen LogP contribution is 2.06. The Morgan fingerprint density at radius 2 is 2.38 bits per heavy atom. The molecule has 44 valence electrons. The van der Waals surface area contributed by atoms with E-state index in [4.69, 9.17) is 10.4 Å². The molecule has 0 aliphatic heterocycles. The maximum absolute atomic E-state index is 9.51. The molecular formula is C2H2N2O3S. The smallest absolute Gasteiger partial charge is 0.310 e. The minimum atomic E-state index is -2.74. The zero-order valence-corrected chi connectivity index (χ0v) is 4.50. The van der Waals surface area contributed by atoms with Gasteiger partial charge in [-0.2, -0.15) is 5.26 Å². The molecule has 6 heteroatoms. The molecule has 1 unspecified atom stereocenters. The number of aliphatic hydroxyl groups is 1. The standard InChI is InChI=1S/C2H2N2O3S/c3-1-2(5,8)4(6)7/h5,8H. The van der Waals surface area contributed by atoms with Crippen LogP contribution in [0.1, 0.15) is 0 Å². The first-order valence-corrected chi connectivity index (χ1v) is 1.96. The van der Waals surface area contributed by atoms with E-state index >= 15 is 0 Å². The molecule has 1 atom stereocenters. The summed E-state index contributed by atoms with van der Waals surface area (Å²) >= 11 is 2.98. The van der Waals surface area contributed by atoms with Crippen molar-refractivity contribution in [3.63, 3.8) is 0 Å². The molecule has 0 rings (SSSR count). The maximum atomic E-state index is 9.51. The Bertz CT molecular complexity index is 148. The van der Waals surface area contributed by atoms with Gasteiger partial charge in [-0.05, 0) is 12.6 Å². The van der Waals surface area contributed by atoms with Crippen LogP contribution in [0.2, 0.25) is 0 Å². The van der Waals surface area contributed by atoms with Gasteiger partial charge in [-0.15, -0.1) is 0 Å². The first kappa shape index (κ1) is 7.20. The van der Waals surface area contributed by atoms with Crippen LogP contribution >= 0.6 is 12.6 Å². The molecule has 1 N–H and O–H groups in total. The second-order valence-corrected chi connectivity index (χ2v) is 1.63. The zero-order chi connectivity index (χ0) is 6.78. The van der Waals surface area contributed by atoms with E-state index in [0.29, 0.717) is 0 Å². The third-order valence-corrected chi connectivity index (χ3v) is 0.668. The number of hydrogen-bond donors (Lipinski definition) is 2. The highest BCUT2D eigenvalue weighted by Gasteiger charge is 2.34. The van der Waals surface area contributed by atoms with E-state index in [-0.39, 0.29) is 0 Å². The Kier molecular flexibility index (Phi) is 1.78. The Morgan fingerprint density at radius 1 is 2.00 bits per heavy atom. The summed E-state index contributed by atoms with van der Waals surface area (Å²) in [6.45, 7) is 0. The zero-order valence-electron chi connectivity index (χ0n) is 3.61. The van der Waals surface area contributed by atoms with Crippen molar-refractivity contribution in [1.82, 2.24) is 0 Å². The van der Waals surface area contributed by atoms with Gasteiger partial charge >= 0.3 is 5.06 Å². The Morgan fingerprint density at radius 3 is 2.38 bits per heavy atom. The highest BCUT2D eigenvalue weighted by atomic mass is 32.1. The van der Waals surface area contributed by atoms with Crippen molar-refractivity contribution in [2.75, 3.05) is 0 Å². The molecule has 0 aromatic rings. The number of nitriles is 1. The Balaban J connectivity index is 4.19. The summed E-state index contributed by atoms with van der Waals surface area (Å²) in [5.41, 5.74) is 0. The van der Waals surface area contributed by atoms with Crippen molar-refractivity contribution in [2.45, 2.75) is 5.06 Å². The van der Waals surface area contributed by atoms with E-state index in [9.17, 15) is 10.1 Å². The predicted molar refractivity (Wildman–Crippen MR) is 26.5 cm³/mol. The third-order valence-electron chi connectivity index (χ3n) is 0.405. The average molecular weight is 134 g/mol. The van der Waals surface area contributed by atoms with E-state index in [2.05, 4.69) is 12.6 Å². The molecule has 0 aromatic carbocycles. The molecule has 0 spiro atoms. The van der Waals surface area contributed by atoms with Gasteiger partial charge in [0.25, 0.3) is 0 Å². The van der Waals surface area contributed by atoms with Crippen LogP contribution in [0.3, 0.4) is 0 Å². The van der Waals surface area contributed by atoms with Gasteiger partial charge in [0.15, 0.2) is 6.07 Å². The lowest BCUT2D eigenvalue weighted by molar-refractivity contribution is -0.569. The first-order valence-electron chi connectivity index (χ1n) is 1.51. The molecular weight excluding hydrogens is 132 g/mol. The largest absolute Gasteiger partial charge is 0.457 e. The quantitative estimate of drug-likeness (QED) is 0.164. The van der Waals surface area contributed by atoms with Crippen LogP contribution in [0, 0.1) is 21.4 Å². The second-order valence-electron chi connectivity index (χ2n) is 1.00.